The molecule has 0 unspecified atom stereocenters. The van der Waals surface area contributed by atoms with E-state index in [1.807, 2.05) is 12.1 Å². The summed E-state index contributed by atoms with van der Waals surface area (Å²) in [5.74, 6) is -0.208. The quantitative estimate of drug-likeness (QED) is 0.860. The van der Waals surface area contributed by atoms with Crippen molar-refractivity contribution in [3.63, 3.8) is 0 Å². The number of carbonyl (C=O) groups is 1. The molecule has 0 bridgehead atoms. The van der Waals surface area contributed by atoms with Crippen molar-refractivity contribution in [1.29, 1.82) is 0 Å². The van der Waals surface area contributed by atoms with Crippen molar-refractivity contribution in [3.8, 4) is 0 Å². The Balaban J connectivity index is 2.14. The number of nitrogens with two attached hydrogens (primary N) is 1. The van der Waals surface area contributed by atoms with E-state index in [0.717, 1.165) is 24.8 Å². The van der Waals surface area contributed by atoms with Gasteiger partial charge in [0.25, 0.3) is 0 Å². The fraction of sp³-hybridized carbons (Fsp3) is 0.500. The first-order chi connectivity index (χ1) is 8.57. The summed E-state index contributed by atoms with van der Waals surface area (Å²) in [5, 5.41) is 0.712. The molecule has 0 spiro atoms. The lowest BCUT2D eigenvalue weighted by Crippen LogP contribution is -2.26. The van der Waals surface area contributed by atoms with E-state index in [4.69, 9.17) is 22.1 Å². The molecule has 1 aliphatic carbocycles. The number of primary amides is 1. The Labute approximate surface area is 112 Å². The molecule has 0 atom stereocenters. The van der Waals surface area contributed by atoms with Crippen LogP contribution >= 0.6 is 11.6 Å². The standard InChI is InChI=1S/C14H18ClNO2/c1-18-7-4-10-2-3-12(15)11(8-10)9-14(5-6-14)13(16)17/h2-3,8H,4-7,9H2,1H3,(H2,16,17). The van der Waals surface area contributed by atoms with E-state index in [1.165, 1.54) is 5.56 Å². The Hall–Kier alpha value is -1.06. The van der Waals surface area contributed by atoms with Crippen LogP contribution in [-0.2, 0) is 22.4 Å². The minimum atomic E-state index is -0.344. The normalized spacial score (nSPS) is 16.6. The monoisotopic (exact) mass is 267 g/mol. The molecular weight excluding hydrogens is 250 g/mol. The minimum Gasteiger partial charge on any atom is -0.384 e. The van der Waals surface area contributed by atoms with Crippen LogP contribution in [0.5, 0.6) is 0 Å². The molecule has 1 fully saturated rings. The third-order valence-corrected chi connectivity index (χ3v) is 3.98. The second-order valence-corrected chi connectivity index (χ2v) is 5.40. The number of amides is 1. The zero-order valence-corrected chi connectivity index (χ0v) is 11.3. The van der Waals surface area contributed by atoms with Gasteiger partial charge in [0, 0.05) is 12.1 Å². The predicted octanol–water partition coefficient (Wildman–Crippen LogP) is 2.34. The number of rotatable bonds is 6. The van der Waals surface area contributed by atoms with Crippen LogP contribution in [0.25, 0.3) is 0 Å². The second-order valence-electron chi connectivity index (χ2n) is 4.99. The molecule has 0 heterocycles. The summed E-state index contributed by atoms with van der Waals surface area (Å²) in [5.41, 5.74) is 7.30. The van der Waals surface area contributed by atoms with Crippen molar-refractivity contribution >= 4 is 17.5 Å². The number of hydrogen-bond acceptors (Lipinski definition) is 2. The highest BCUT2D eigenvalue weighted by molar-refractivity contribution is 6.31. The highest BCUT2D eigenvalue weighted by Gasteiger charge is 2.48. The largest absolute Gasteiger partial charge is 0.384 e. The van der Waals surface area contributed by atoms with E-state index in [0.29, 0.717) is 18.1 Å². The summed E-state index contributed by atoms with van der Waals surface area (Å²) in [4.78, 5) is 11.4. The molecule has 2 rings (SSSR count). The minimum absolute atomic E-state index is 0.208. The molecule has 0 saturated heterocycles. The Morgan fingerprint density at radius 2 is 2.22 bits per heavy atom. The first-order valence-electron chi connectivity index (χ1n) is 6.13. The van der Waals surface area contributed by atoms with Gasteiger partial charge in [0.15, 0.2) is 0 Å². The molecule has 1 aliphatic rings. The van der Waals surface area contributed by atoms with Crippen molar-refractivity contribution in [2.75, 3.05) is 13.7 Å². The lowest BCUT2D eigenvalue weighted by molar-refractivity contribution is -0.123. The number of ether oxygens (including phenoxy) is 1. The molecule has 0 aliphatic heterocycles. The van der Waals surface area contributed by atoms with Crippen LogP contribution in [0.4, 0.5) is 0 Å². The van der Waals surface area contributed by atoms with Crippen molar-refractivity contribution < 1.29 is 9.53 Å². The van der Waals surface area contributed by atoms with Gasteiger partial charge in [-0.05, 0) is 42.9 Å². The lowest BCUT2D eigenvalue weighted by atomic mass is 9.94. The van der Waals surface area contributed by atoms with E-state index in [9.17, 15) is 4.79 Å². The SMILES string of the molecule is COCCc1ccc(Cl)c(CC2(C(N)=O)CC2)c1. The fourth-order valence-electron chi connectivity index (χ4n) is 2.16. The predicted molar refractivity (Wildman–Crippen MR) is 71.6 cm³/mol. The van der Waals surface area contributed by atoms with Crippen LogP contribution in [0.1, 0.15) is 24.0 Å². The summed E-state index contributed by atoms with van der Waals surface area (Å²) in [6.07, 6.45) is 3.26. The van der Waals surface area contributed by atoms with Gasteiger partial charge in [0.2, 0.25) is 5.91 Å². The zero-order valence-electron chi connectivity index (χ0n) is 10.5. The third kappa shape index (κ3) is 2.85. The average molecular weight is 268 g/mol. The summed E-state index contributed by atoms with van der Waals surface area (Å²) in [7, 11) is 1.68. The molecule has 1 amide bonds. The van der Waals surface area contributed by atoms with Gasteiger partial charge in [-0.3, -0.25) is 4.79 Å². The van der Waals surface area contributed by atoms with Crippen molar-refractivity contribution in [2.24, 2.45) is 11.1 Å². The van der Waals surface area contributed by atoms with Gasteiger partial charge in [-0.25, -0.2) is 0 Å². The molecule has 18 heavy (non-hydrogen) atoms. The summed E-state index contributed by atoms with van der Waals surface area (Å²) in [6, 6.07) is 5.94. The van der Waals surface area contributed by atoms with Crippen LogP contribution in [0.3, 0.4) is 0 Å². The topological polar surface area (TPSA) is 52.3 Å². The maximum atomic E-state index is 11.4. The molecule has 0 radical (unpaired) electrons. The average Bonchev–Trinajstić information content (AvgIpc) is 3.11. The van der Waals surface area contributed by atoms with Gasteiger partial charge in [-0.15, -0.1) is 0 Å². The molecule has 0 aromatic heterocycles. The van der Waals surface area contributed by atoms with E-state index in [-0.39, 0.29) is 11.3 Å². The van der Waals surface area contributed by atoms with Gasteiger partial charge in [0.05, 0.1) is 12.0 Å². The van der Waals surface area contributed by atoms with Gasteiger partial charge in [-0.1, -0.05) is 23.7 Å². The number of carbonyl (C=O) groups excluding carboxylic acids is 1. The van der Waals surface area contributed by atoms with Gasteiger partial charge >= 0.3 is 0 Å². The van der Waals surface area contributed by atoms with E-state index in [2.05, 4.69) is 6.07 Å². The molecule has 1 aromatic rings. The molecule has 3 nitrogen and oxygen atoms in total. The Bertz CT molecular complexity index is 455. The molecular formula is C14H18ClNO2. The molecule has 1 saturated carbocycles. The van der Waals surface area contributed by atoms with Crippen LogP contribution < -0.4 is 5.73 Å². The van der Waals surface area contributed by atoms with Crippen molar-refractivity contribution in [1.82, 2.24) is 0 Å². The summed E-state index contributed by atoms with van der Waals surface area (Å²) >= 11 is 6.19. The summed E-state index contributed by atoms with van der Waals surface area (Å²) in [6.45, 7) is 0.683. The molecule has 98 valence electrons. The lowest BCUT2D eigenvalue weighted by Gasteiger charge is -2.13. The Morgan fingerprint density at radius 3 is 2.78 bits per heavy atom. The van der Waals surface area contributed by atoms with Crippen LogP contribution in [0, 0.1) is 5.41 Å². The van der Waals surface area contributed by atoms with Crippen LogP contribution in [-0.4, -0.2) is 19.6 Å². The first-order valence-corrected chi connectivity index (χ1v) is 6.51. The summed E-state index contributed by atoms with van der Waals surface area (Å²) < 4.78 is 5.06. The molecule has 2 N–H and O–H groups in total. The van der Waals surface area contributed by atoms with Crippen molar-refractivity contribution in [2.45, 2.75) is 25.7 Å². The highest BCUT2D eigenvalue weighted by Crippen LogP contribution is 2.48. The van der Waals surface area contributed by atoms with Crippen LogP contribution in [0.15, 0.2) is 18.2 Å². The number of hydrogen-bond donors (Lipinski definition) is 1. The molecule has 4 heteroatoms. The Kier molecular flexibility index (Phi) is 3.93. The second kappa shape index (κ2) is 5.29. The van der Waals surface area contributed by atoms with Gasteiger partial charge in [-0.2, -0.15) is 0 Å². The van der Waals surface area contributed by atoms with Crippen LogP contribution in [0.2, 0.25) is 5.02 Å². The number of methoxy groups -OCH3 is 1. The zero-order chi connectivity index (χ0) is 13.2. The first kappa shape index (κ1) is 13.4. The smallest absolute Gasteiger partial charge is 0.223 e. The number of halogens is 1. The number of benzene rings is 1. The Morgan fingerprint density at radius 1 is 1.50 bits per heavy atom. The van der Waals surface area contributed by atoms with Gasteiger partial charge in [0.1, 0.15) is 0 Å². The van der Waals surface area contributed by atoms with E-state index in [1.54, 1.807) is 7.11 Å². The third-order valence-electron chi connectivity index (χ3n) is 3.61. The van der Waals surface area contributed by atoms with E-state index < -0.39 is 0 Å². The van der Waals surface area contributed by atoms with E-state index >= 15 is 0 Å². The van der Waals surface area contributed by atoms with Crippen molar-refractivity contribution in [3.05, 3.63) is 34.3 Å². The molecule has 1 aromatic carbocycles. The maximum Gasteiger partial charge on any atom is 0.223 e. The fourth-order valence-corrected chi connectivity index (χ4v) is 2.35. The highest BCUT2D eigenvalue weighted by atomic mass is 35.5. The van der Waals surface area contributed by atoms with Gasteiger partial charge < -0.3 is 10.5 Å². The maximum absolute atomic E-state index is 11.4.